The molecule has 0 fully saturated rings. The second kappa shape index (κ2) is 9.68. The van der Waals surface area contributed by atoms with Crippen molar-refractivity contribution in [2.45, 2.75) is 26.1 Å². The number of carbonyl (C=O) groups excluding carboxylic acids is 1. The number of halogens is 6. The fraction of sp³-hybridized carbons (Fsp3) is 0.190. The van der Waals surface area contributed by atoms with Gasteiger partial charge in [0.15, 0.2) is 17.3 Å². The SMILES string of the molecule is CCc1nc(C(=O)NCc2ccc(Cl)c(Oc3cc(C#N)cc(C(F)(F)F)c3)c2F)c(Cl)[nH]1. The van der Waals surface area contributed by atoms with E-state index in [1.54, 1.807) is 6.07 Å². The molecule has 0 unspecified atom stereocenters. The maximum absolute atomic E-state index is 15.0. The number of hydrogen-bond donors (Lipinski definition) is 2. The maximum atomic E-state index is 15.0. The first-order valence-corrected chi connectivity index (χ1v) is 10.1. The highest BCUT2D eigenvalue weighted by atomic mass is 35.5. The highest BCUT2D eigenvalue weighted by molar-refractivity contribution is 6.32. The standard InChI is InChI=1S/C21H14Cl2F4N4O2/c1-2-15-30-17(19(23)31-15)20(32)29-9-11-3-4-14(22)18(16(11)24)33-13-6-10(8-28)5-12(7-13)21(25,26)27/h3-7H,2,9H2,1H3,(H,29,32)(H,30,31). The summed E-state index contributed by atoms with van der Waals surface area (Å²) < 4.78 is 59.6. The number of nitrogens with zero attached hydrogens (tertiary/aromatic N) is 2. The van der Waals surface area contributed by atoms with Crippen LogP contribution in [0.3, 0.4) is 0 Å². The lowest BCUT2D eigenvalue weighted by atomic mass is 10.1. The molecule has 12 heteroatoms. The van der Waals surface area contributed by atoms with Gasteiger partial charge in [0.1, 0.15) is 16.7 Å². The molecule has 0 aliphatic rings. The van der Waals surface area contributed by atoms with Gasteiger partial charge in [0.05, 0.1) is 22.2 Å². The van der Waals surface area contributed by atoms with Crippen molar-refractivity contribution >= 4 is 29.1 Å². The second-order valence-corrected chi connectivity index (χ2v) is 7.47. The zero-order chi connectivity index (χ0) is 24.3. The molecule has 1 heterocycles. The van der Waals surface area contributed by atoms with E-state index in [1.165, 1.54) is 12.1 Å². The summed E-state index contributed by atoms with van der Waals surface area (Å²) in [5.41, 5.74) is -1.59. The number of benzene rings is 2. The first kappa shape index (κ1) is 24.4. The average Bonchev–Trinajstić information content (AvgIpc) is 3.16. The summed E-state index contributed by atoms with van der Waals surface area (Å²) in [6.45, 7) is 1.50. The summed E-state index contributed by atoms with van der Waals surface area (Å²) in [7, 11) is 0. The van der Waals surface area contributed by atoms with Gasteiger partial charge in [0.25, 0.3) is 5.91 Å². The van der Waals surface area contributed by atoms with Crippen LogP contribution < -0.4 is 10.1 Å². The molecule has 2 aromatic carbocycles. The predicted molar refractivity (Wildman–Crippen MR) is 112 cm³/mol. The van der Waals surface area contributed by atoms with Gasteiger partial charge in [-0.2, -0.15) is 18.4 Å². The van der Waals surface area contributed by atoms with Gasteiger partial charge in [-0.1, -0.05) is 36.2 Å². The summed E-state index contributed by atoms with van der Waals surface area (Å²) in [5, 5.41) is 11.3. The Morgan fingerprint density at radius 3 is 2.61 bits per heavy atom. The number of ether oxygens (including phenoxy) is 1. The minimum absolute atomic E-state index is 0.0304. The van der Waals surface area contributed by atoms with Gasteiger partial charge in [-0.25, -0.2) is 9.37 Å². The number of aromatic amines is 1. The summed E-state index contributed by atoms with van der Waals surface area (Å²) in [6.07, 6.45) is -4.23. The highest BCUT2D eigenvalue weighted by Gasteiger charge is 2.32. The Morgan fingerprint density at radius 2 is 2.00 bits per heavy atom. The molecule has 6 nitrogen and oxygen atoms in total. The van der Waals surface area contributed by atoms with E-state index >= 15 is 4.39 Å². The number of nitriles is 1. The monoisotopic (exact) mass is 500 g/mol. The van der Waals surface area contributed by atoms with Crippen molar-refractivity contribution in [3.8, 4) is 17.6 Å². The number of carbonyl (C=O) groups is 1. The van der Waals surface area contributed by atoms with Crippen molar-refractivity contribution < 1.29 is 27.1 Å². The Kier molecular flexibility index (Phi) is 7.15. The molecule has 0 saturated carbocycles. The zero-order valence-corrected chi connectivity index (χ0v) is 18.3. The van der Waals surface area contributed by atoms with Crippen LogP contribution in [0.1, 0.15) is 39.9 Å². The van der Waals surface area contributed by atoms with Crippen LogP contribution in [-0.2, 0) is 19.1 Å². The smallest absolute Gasteiger partial charge is 0.416 e. The third kappa shape index (κ3) is 5.56. The summed E-state index contributed by atoms with van der Waals surface area (Å²) >= 11 is 11.9. The molecule has 33 heavy (non-hydrogen) atoms. The van der Waals surface area contributed by atoms with Crippen LogP contribution in [-0.4, -0.2) is 15.9 Å². The minimum Gasteiger partial charge on any atom is -0.453 e. The van der Waals surface area contributed by atoms with Gasteiger partial charge in [-0.05, 0) is 24.3 Å². The van der Waals surface area contributed by atoms with Crippen LogP contribution in [0.5, 0.6) is 11.5 Å². The van der Waals surface area contributed by atoms with Crippen molar-refractivity contribution in [2.75, 3.05) is 0 Å². The zero-order valence-electron chi connectivity index (χ0n) is 16.8. The van der Waals surface area contributed by atoms with Gasteiger partial charge in [-0.15, -0.1) is 0 Å². The fourth-order valence-electron chi connectivity index (χ4n) is 2.78. The van der Waals surface area contributed by atoms with Crippen LogP contribution in [0.15, 0.2) is 30.3 Å². The van der Waals surface area contributed by atoms with Gasteiger partial charge < -0.3 is 15.0 Å². The third-order valence-corrected chi connectivity index (χ3v) is 4.98. The number of alkyl halides is 3. The predicted octanol–water partition coefficient (Wildman–Crippen LogP) is 6.03. The molecule has 3 aromatic rings. The van der Waals surface area contributed by atoms with Crippen LogP contribution in [0.4, 0.5) is 17.6 Å². The molecular weight excluding hydrogens is 487 g/mol. The van der Waals surface area contributed by atoms with Crippen molar-refractivity contribution in [1.82, 2.24) is 15.3 Å². The van der Waals surface area contributed by atoms with E-state index in [2.05, 4.69) is 15.3 Å². The molecule has 0 atom stereocenters. The van der Waals surface area contributed by atoms with Gasteiger partial charge in [0, 0.05) is 18.5 Å². The van der Waals surface area contributed by atoms with Crippen LogP contribution in [0.25, 0.3) is 0 Å². The van der Waals surface area contributed by atoms with Crippen molar-refractivity contribution in [2.24, 2.45) is 0 Å². The lowest BCUT2D eigenvalue weighted by Gasteiger charge is -2.14. The van der Waals surface area contributed by atoms with E-state index in [0.29, 0.717) is 24.4 Å². The summed E-state index contributed by atoms with van der Waals surface area (Å²) in [4.78, 5) is 19.1. The Labute approximate surface area is 195 Å². The molecule has 2 N–H and O–H groups in total. The van der Waals surface area contributed by atoms with Gasteiger partial charge >= 0.3 is 6.18 Å². The Hall–Kier alpha value is -3.29. The fourth-order valence-corrected chi connectivity index (χ4v) is 3.20. The van der Waals surface area contributed by atoms with Crippen LogP contribution in [0.2, 0.25) is 10.2 Å². The maximum Gasteiger partial charge on any atom is 0.416 e. The van der Waals surface area contributed by atoms with Crippen molar-refractivity contribution in [3.63, 3.8) is 0 Å². The Bertz CT molecular complexity index is 1250. The molecular formula is C21H14Cl2F4N4O2. The van der Waals surface area contributed by atoms with Crippen molar-refractivity contribution in [3.05, 3.63) is 74.5 Å². The number of nitrogens with one attached hydrogen (secondary N) is 2. The van der Waals surface area contributed by atoms with Gasteiger partial charge in [-0.3, -0.25) is 4.79 Å². The molecule has 0 radical (unpaired) electrons. The lowest BCUT2D eigenvalue weighted by Crippen LogP contribution is -2.24. The van der Waals surface area contributed by atoms with Crippen LogP contribution >= 0.6 is 23.2 Å². The molecule has 3 rings (SSSR count). The number of amides is 1. The number of rotatable bonds is 6. The first-order chi connectivity index (χ1) is 15.5. The number of aromatic nitrogens is 2. The van der Waals surface area contributed by atoms with Crippen LogP contribution in [0, 0.1) is 17.1 Å². The van der Waals surface area contributed by atoms with E-state index in [-0.39, 0.29) is 33.5 Å². The first-order valence-electron chi connectivity index (χ1n) is 9.33. The van der Waals surface area contributed by atoms with E-state index < -0.39 is 35.0 Å². The molecule has 1 aromatic heterocycles. The number of hydrogen-bond acceptors (Lipinski definition) is 4. The molecule has 172 valence electrons. The van der Waals surface area contributed by atoms with E-state index in [1.807, 2.05) is 6.92 Å². The molecule has 1 amide bonds. The molecule has 0 saturated heterocycles. The third-order valence-electron chi connectivity index (χ3n) is 4.41. The average molecular weight is 501 g/mol. The number of imidazole rings is 1. The highest BCUT2D eigenvalue weighted by Crippen LogP contribution is 2.37. The molecule has 0 spiro atoms. The summed E-state index contributed by atoms with van der Waals surface area (Å²) in [6, 6.07) is 6.41. The van der Waals surface area contributed by atoms with E-state index in [9.17, 15) is 18.0 Å². The van der Waals surface area contributed by atoms with E-state index in [4.69, 9.17) is 33.2 Å². The van der Waals surface area contributed by atoms with Crippen molar-refractivity contribution in [1.29, 1.82) is 5.26 Å². The topological polar surface area (TPSA) is 90.8 Å². The largest absolute Gasteiger partial charge is 0.453 e. The Balaban J connectivity index is 1.85. The molecule has 0 bridgehead atoms. The number of aryl methyl sites for hydroxylation is 1. The minimum atomic E-state index is -4.75. The van der Waals surface area contributed by atoms with E-state index in [0.717, 1.165) is 6.07 Å². The second-order valence-electron chi connectivity index (χ2n) is 6.69. The molecule has 0 aliphatic heterocycles. The lowest BCUT2D eigenvalue weighted by molar-refractivity contribution is -0.137. The molecule has 0 aliphatic carbocycles. The normalized spacial score (nSPS) is 11.2. The van der Waals surface area contributed by atoms with Gasteiger partial charge in [0.2, 0.25) is 0 Å². The quantitative estimate of drug-likeness (QED) is 0.404. The Morgan fingerprint density at radius 1 is 1.27 bits per heavy atom. The number of H-pyrrole nitrogens is 1. The summed E-state index contributed by atoms with van der Waals surface area (Å²) in [5.74, 6) is -2.15.